The third kappa shape index (κ3) is 3.94. The van der Waals surface area contributed by atoms with Gasteiger partial charge >= 0.3 is 6.18 Å². The molecule has 1 atom stereocenters. The Labute approximate surface area is 213 Å². The lowest BCUT2D eigenvalue weighted by molar-refractivity contribution is -0.137. The van der Waals surface area contributed by atoms with Crippen LogP contribution in [-0.2, 0) is 18.9 Å². The Hall–Kier alpha value is -4.10. The van der Waals surface area contributed by atoms with Crippen LogP contribution in [-0.4, -0.2) is 26.7 Å². The van der Waals surface area contributed by atoms with Crippen LogP contribution < -0.4 is 10.6 Å². The molecule has 1 aliphatic rings. The molecule has 0 aliphatic carbocycles. The standard InChI is InChI=1S/C24H13ClF6N4O3/c1-35-20(28)13-8-16(32-21(36)9-4-10(24(29,30)31)6-12(27)5-9)18-17(19(13)34-35)22(37)33-23(18,38)14-7-11(26)2-3-15(14)25/h2-8,38H,1H3,(H,32,36)(H,33,37). The number of halogens is 7. The fraction of sp³-hybridized carbons (Fsp3) is 0.125. The zero-order valence-electron chi connectivity index (χ0n) is 18.8. The maximum atomic E-state index is 14.8. The maximum Gasteiger partial charge on any atom is 0.416 e. The first-order chi connectivity index (χ1) is 17.7. The molecular formula is C24H13ClF6N4O3. The number of fused-ring (bicyclic) bond motifs is 3. The van der Waals surface area contributed by atoms with Crippen molar-refractivity contribution in [3.05, 3.63) is 92.9 Å². The number of amides is 2. The van der Waals surface area contributed by atoms with E-state index in [0.29, 0.717) is 12.1 Å². The molecule has 5 rings (SSSR count). The number of hydrogen-bond donors (Lipinski definition) is 3. The molecule has 1 aliphatic heterocycles. The van der Waals surface area contributed by atoms with Crippen LogP contribution in [0.4, 0.5) is 32.0 Å². The average molecular weight is 555 g/mol. The Morgan fingerprint density at radius 1 is 1.11 bits per heavy atom. The molecule has 0 fully saturated rings. The number of aryl methyl sites for hydroxylation is 1. The quantitative estimate of drug-likeness (QED) is 0.316. The van der Waals surface area contributed by atoms with E-state index < -0.39 is 69.2 Å². The third-order valence-corrected chi connectivity index (χ3v) is 6.32. The van der Waals surface area contributed by atoms with Crippen molar-refractivity contribution in [2.24, 2.45) is 7.05 Å². The molecule has 2 amide bonds. The van der Waals surface area contributed by atoms with Crippen LogP contribution in [0, 0.1) is 17.6 Å². The van der Waals surface area contributed by atoms with Gasteiger partial charge in [-0.25, -0.2) is 13.5 Å². The average Bonchev–Trinajstić information content (AvgIpc) is 3.27. The Morgan fingerprint density at radius 2 is 1.82 bits per heavy atom. The second kappa shape index (κ2) is 8.46. The summed E-state index contributed by atoms with van der Waals surface area (Å²) in [6.07, 6.45) is -4.97. The van der Waals surface area contributed by atoms with Gasteiger partial charge in [0.1, 0.15) is 17.2 Å². The summed E-state index contributed by atoms with van der Waals surface area (Å²) in [6.45, 7) is 0. The van der Waals surface area contributed by atoms with Gasteiger partial charge in [-0.1, -0.05) is 11.6 Å². The predicted molar refractivity (Wildman–Crippen MR) is 122 cm³/mol. The minimum atomic E-state index is -4.97. The van der Waals surface area contributed by atoms with Crippen LogP contribution >= 0.6 is 11.6 Å². The van der Waals surface area contributed by atoms with Crippen molar-refractivity contribution < 1.29 is 41.0 Å². The zero-order chi connectivity index (χ0) is 27.7. The summed E-state index contributed by atoms with van der Waals surface area (Å²) in [5.74, 6) is -5.44. The van der Waals surface area contributed by atoms with E-state index in [1.807, 2.05) is 0 Å². The van der Waals surface area contributed by atoms with E-state index in [0.717, 1.165) is 28.9 Å². The molecule has 0 saturated carbocycles. The van der Waals surface area contributed by atoms with Crippen molar-refractivity contribution in [3.63, 3.8) is 0 Å². The maximum absolute atomic E-state index is 14.8. The highest BCUT2D eigenvalue weighted by molar-refractivity contribution is 6.31. The summed E-state index contributed by atoms with van der Waals surface area (Å²) in [5, 5.41) is 19.5. The molecule has 14 heteroatoms. The number of rotatable bonds is 3. The topological polar surface area (TPSA) is 96.2 Å². The first-order valence-corrected chi connectivity index (χ1v) is 11.0. The van der Waals surface area contributed by atoms with Crippen LogP contribution in [0.15, 0.2) is 42.5 Å². The number of nitrogens with zero attached hydrogens (tertiary/aromatic N) is 2. The molecule has 3 aromatic carbocycles. The summed E-state index contributed by atoms with van der Waals surface area (Å²) in [7, 11) is 1.22. The normalized spacial score (nSPS) is 17.0. The van der Waals surface area contributed by atoms with Gasteiger partial charge in [-0.3, -0.25) is 9.59 Å². The lowest BCUT2D eigenvalue weighted by Crippen LogP contribution is -2.41. The molecule has 4 aromatic rings. The highest BCUT2D eigenvalue weighted by Gasteiger charge is 2.48. The minimum Gasteiger partial charge on any atom is -0.363 e. The SMILES string of the molecule is Cn1nc2c3c(c(NC(=O)c4cc(F)cc(C(F)(F)F)c4)cc2c1F)C(O)(c1cc(F)ccc1Cl)NC3=O. The van der Waals surface area contributed by atoms with Gasteiger partial charge < -0.3 is 15.7 Å². The van der Waals surface area contributed by atoms with Crippen LogP contribution in [0.5, 0.6) is 0 Å². The van der Waals surface area contributed by atoms with Crippen molar-refractivity contribution in [2.45, 2.75) is 11.9 Å². The second-order valence-electron chi connectivity index (χ2n) is 8.45. The second-order valence-corrected chi connectivity index (χ2v) is 8.86. The molecule has 0 spiro atoms. The third-order valence-electron chi connectivity index (χ3n) is 5.99. The van der Waals surface area contributed by atoms with Crippen molar-refractivity contribution >= 4 is 40.0 Å². The van der Waals surface area contributed by atoms with Gasteiger partial charge in [0.05, 0.1) is 22.2 Å². The van der Waals surface area contributed by atoms with Gasteiger partial charge in [-0.05, 0) is 42.5 Å². The minimum absolute atomic E-state index is 0.193. The fourth-order valence-corrected chi connectivity index (χ4v) is 4.60. The summed E-state index contributed by atoms with van der Waals surface area (Å²) in [6, 6.07) is 4.99. The van der Waals surface area contributed by atoms with Crippen LogP contribution in [0.2, 0.25) is 5.02 Å². The summed E-state index contributed by atoms with van der Waals surface area (Å²) in [4.78, 5) is 26.0. The molecule has 3 N–H and O–H groups in total. The molecule has 196 valence electrons. The highest BCUT2D eigenvalue weighted by atomic mass is 35.5. The predicted octanol–water partition coefficient (Wildman–Crippen LogP) is 4.85. The molecule has 38 heavy (non-hydrogen) atoms. The van der Waals surface area contributed by atoms with Gasteiger partial charge in [0.25, 0.3) is 11.8 Å². The molecular weight excluding hydrogens is 542 g/mol. The van der Waals surface area contributed by atoms with E-state index in [4.69, 9.17) is 11.6 Å². The molecule has 2 heterocycles. The molecule has 1 aromatic heterocycles. The monoisotopic (exact) mass is 554 g/mol. The van der Waals surface area contributed by atoms with Crippen LogP contribution in [0.1, 0.15) is 37.4 Å². The largest absolute Gasteiger partial charge is 0.416 e. The van der Waals surface area contributed by atoms with Gasteiger partial charge in [0.15, 0.2) is 5.72 Å². The zero-order valence-corrected chi connectivity index (χ0v) is 19.6. The molecule has 0 bridgehead atoms. The summed E-state index contributed by atoms with van der Waals surface area (Å²) < 4.78 is 83.1. The van der Waals surface area contributed by atoms with E-state index in [1.54, 1.807) is 0 Å². The number of benzene rings is 3. The van der Waals surface area contributed by atoms with E-state index in [1.165, 1.54) is 7.05 Å². The lowest BCUT2D eigenvalue weighted by Gasteiger charge is -2.27. The number of hydrogen-bond acceptors (Lipinski definition) is 4. The lowest BCUT2D eigenvalue weighted by atomic mass is 9.91. The smallest absolute Gasteiger partial charge is 0.363 e. The van der Waals surface area contributed by atoms with E-state index in [9.17, 15) is 41.0 Å². The fourth-order valence-electron chi connectivity index (χ4n) is 4.34. The summed E-state index contributed by atoms with van der Waals surface area (Å²) in [5.41, 5.74) is -6.68. The Bertz CT molecular complexity index is 1690. The number of anilines is 1. The molecule has 0 saturated heterocycles. The highest BCUT2D eigenvalue weighted by Crippen LogP contribution is 2.45. The molecule has 7 nitrogen and oxygen atoms in total. The van der Waals surface area contributed by atoms with E-state index in [-0.39, 0.29) is 27.6 Å². The number of aromatic nitrogens is 2. The summed E-state index contributed by atoms with van der Waals surface area (Å²) >= 11 is 6.17. The Kier molecular flexibility index (Phi) is 5.69. The number of alkyl halides is 3. The Balaban J connectivity index is 1.74. The van der Waals surface area contributed by atoms with Gasteiger partial charge in [-0.15, -0.1) is 0 Å². The van der Waals surface area contributed by atoms with Gasteiger partial charge in [0, 0.05) is 28.8 Å². The van der Waals surface area contributed by atoms with Crippen LogP contribution in [0.3, 0.4) is 0 Å². The molecule has 1 unspecified atom stereocenters. The van der Waals surface area contributed by atoms with Crippen molar-refractivity contribution in [2.75, 3.05) is 5.32 Å². The first-order valence-electron chi connectivity index (χ1n) is 10.6. The van der Waals surface area contributed by atoms with E-state index >= 15 is 0 Å². The number of carbonyl (C=O) groups excluding carboxylic acids is 2. The number of nitrogens with one attached hydrogen (secondary N) is 2. The van der Waals surface area contributed by atoms with Crippen LogP contribution in [0.25, 0.3) is 10.9 Å². The van der Waals surface area contributed by atoms with Gasteiger partial charge in [-0.2, -0.15) is 22.7 Å². The van der Waals surface area contributed by atoms with Gasteiger partial charge in [0.2, 0.25) is 5.95 Å². The number of carbonyl (C=O) groups is 2. The van der Waals surface area contributed by atoms with E-state index in [2.05, 4.69) is 15.7 Å². The van der Waals surface area contributed by atoms with Crippen molar-refractivity contribution in [3.8, 4) is 0 Å². The Morgan fingerprint density at radius 3 is 2.50 bits per heavy atom. The number of aliphatic hydroxyl groups is 1. The first kappa shape index (κ1) is 25.5. The molecule has 0 radical (unpaired) electrons. The van der Waals surface area contributed by atoms with Crippen molar-refractivity contribution in [1.82, 2.24) is 15.1 Å². The van der Waals surface area contributed by atoms with Crippen molar-refractivity contribution in [1.29, 1.82) is 0 Å².